The number of methoxy groups -OCH3 is 1. The maximum Gasteiger partial charge on any atom is 0.338 e. The van der Waals surface area contributed by atoms with Crippen molar-refractivity contribution in [3.63, 3.8) is 0 Å². The van der Waals surface area contributed by atoms with E-state index in [9.17, 15) is 14.4 Å². The molecule has 0 unspecified atom stereocenters. The lowest BCUT2D eigenvalue weighted by Gasteiger charge is -2.07. The minimum Gasteiger partial charge on any atom is -0.497 e. The lowest BCUT2D eigenvalue weighted by molar-refractivity contribution is -0.139. The Morgan fingerprint density at radius 3 is 2.00 bits per heavy atom. The van der Waals surface area contributed by atoms with E-state index < -0.39 is 11.9 Å². The summed E-state index contributed by atoms with van der Waals surface area (Å²) >= 11 is 0. The summed E-state index contributed by atoms with van der Waals surface area (Å²) in [7, 11) is 1.59. The summed E-state index contributed by atoms with van der Waals surface area (Å²) in [6.45, 7) is 5.80. The van der Waals surface area contributed by atoms with Crippen LogP contribution in [0.3, 0.4) is 0 Å². The Kier molecular flexibility index (Phi) is 11.1. The molecule has 0 amide bonds. The number of unbranched alkanes of at least 4 members (excludes halogenated alkanes) is 3. The highest BCUT2D eigenvalue weighted by molar-refractivity contribution is 5.90. The summed E-state index contributed by atoms with van der Waals surface area (Å²) in [6.07, 6.45) is 6.17. The van der Waals surface area contributed by atoms with Gasteiger partial charge in [-0.3, -0.25) is 0 Å². The van der Waals surface area contributed by atoms with Crippen molar-refractivity contribution in [2.45, 2.75) is 32.6 Å². The zero-order valence-corrected chi connectivity index (χ0v) is 19.6. The second-order valence-corrected chi connectivity index (χ2v) is 7.52. The second kappa shape index (κ2) is 14.3. The molecule has 0 aliphatic rings. The van der Waals surface area contributed by atoms with Crippen LogP contribution < -0.4 is 9.47 Å². The first kappa shape index (κ1) is 26.4. The van der Waals surface area contributed by atoms with Crippen LogP contribution in [0.4, 0.5) is 0 Å². The molecule has 2 aromatic rings. The third-order valence-corrected chi connectivity index (χ3v) is 4.69. The molecule has 0 N–H and O–H groups in total. The highest BCUT2D eigenvalue weighted by Gasteiger charge is 2.08. The largest absolute Gasteiger partial charge is 0.497 e. The summed E-state index contributed by atoms with van der Waals surface area (Å²) in [4.78, 5) is 35.4. The van der Waals surface area contributed by atoms with E-state index in [-0.39, 0.29) is 5.97 Å². The Morgan fingerprint density at radius 1 is 0.824 bits per heavy atom. The van der Waals surface area contributed by atoms with E-state index in [1.54, 1.807) is 56.5 Å². The molecule has 0 atom stereocenters. The Bertz CT molecular complexity index is 989. The molecule has 0 bridgehead atoms. The number of rotatable bonds is 13. The molecule has 0 aliphatic heterocycles. The molecule has 0 fully saturated rings. The van der Waals surface area contributed by atoms with Gasteiger partial charge in [0, 0.05) is 11.6 Å². The highest BCUT2D eigenvalue weighted by atomic mass is 16.5. The summed E-state index contributed by atoms with van der Waals surface area (Å²) in [5.74, 6) is -0.279. The van der Waals surface area contributed by atoms with Crippen molar-refractivity contribution in [2.24, 2.45) is 0 Å². The van der Waals surface area contributed by atoms with Crippen molar-refractivity contribution in [3.8, 4) is 11.5 Å². The van der Waals surface area contributed by atoms with Crippen LogP contribution in [0.25, 0.3) is 6.08 Å². The van der Waals surface area contributed by atoms with Crippen LogP contribution in [-0.2, 0) is 19.1 Å². The van der Waals surface area contributed by atoms with Crippen LogP contribution in [0.2, 0.25) is 0 Å². The van der Waals surface area contributed by atoms with Gasteiger partial charge in [0.1, 0.15) is 11.5 Å². The molecule has 7 nitrogen and oxygen atoms in total. The van der Waals surface area contributed by atoms with Crippen molar-refractivity contribution < 1.29 is 33.3 Å². The van der Waals surface area contributed by atoms with Gasteiger partial charge in [0.25, 0.3) is 0 Å². The van der Waals surface area contributed by atoms with Crippen molar-refractivity contribution in [2.75, 3.05) is 20.3 Å². The van der Waals surface area contributed by atoms with Crippen LogP contribution in [0.15, 0.2) is 66.8 Å². The zero-order chi connectivity index (χ0) is 24.8. The topological polar surface area (TPSA) is 88.1 Å². The first-order valence-electron chi connectivity index (χ1n) is 11.0. The first-order chi connectivity index (χ1) is 16.4. The number of carbonyl (C=O) groups excluding carboxylic acids is 3. The molecule has 0 radical (unpaired) electrons. The lowest BCUT2D eigenvalue weighted by atomic mass is 10.2. The second-order valence-electron chi connectivity index (χ2n) is 7.52. The number of hydrogen-bond donors (Lipinski definition) is 0. The predicted octanol–water partition coefficient (Wildman–Crippen LogP) is 5.15. The van der Waals surface area contributed by atoms with Crippen LogP contribution in [-0.4, -0.2) is 38.2 Å². The molecule has 0 saturated heterocycles. The quantitative estimate of drug-likeness (QED) is 0.175. The first-order valence-corrected chi connectivity index (χ1v) is 11.0. The smallest absolute Gasteiger partial charge is 0.338 e. The van der Waals surface area contributed by atoms with Crippen molar-refractivity contribution in [1.82, 2.24) is 0 Å². The van der Waals surface area contributed by atoms with E-state index in [0.717, 1.165) is 37.0 Å². The van der Waals surface area contributed by atoms with Gasteiger partial charge in [-0.2, -0.15) is 0 Å². The molecule has 7 heteroatoms. The molecular formula is C27H30O7. The van der Waals surface area contributed by atoms with Gasteiger partial charge in [-0.15, -0.1) is 0 Å². The number of benzene rings is 2. The van der Waals surface area contributed by atoms with E-state index in [4.69, 9.17) is 18.9 Å². The van der Waals surface area contributed by atoms with E-state index in [0.29, 0.717) is 30.1 Å². The minimum absolute atomic E-state index is 0.303. The minimum atomic E-state index is -0.527. The maximum atomic E-state index is 12.1. The molecule has 180 valence electrons. The van der Waals surface area contributed by atoms with Crippen LogP contribution in [0.1, 0.15) is 48.5 Å². The maximum absolute atomic E-state index is 12.1. The fourth-order valence-electron chi connectivity index (χ4n) is 2.78. The third kappa shape index (κ3) is 9.73. The van der Waals surface area contributed by atoms with Gasteiger partial charge < -0.3 is 18.9 Å². The molecule has 2 rings (SSSR count). The van der Waals surface area contributed by atoms with E-state index in [1.807, 2.05) is 12.1 Å². The Labute approximate surface area is 200 Å². The highest BCUT2D eigenvalue weighted by Crippen LogP contribution is 2.15. The van der Waals surface area contributed by atoms with Crippen LogP contribution in [0, 0.1) is 0 Å². The number of ether oxygens (including phenoxy) is 4. The van der Waals surface area contributed by atoms with Gasteiger partial charge in [-0.1, -0.05) is 18.7 Å². The summed E-state index contributed by atoms with van der Waals surface area (Å²) in [5.41, 5.74) is 1.60. The van der Waals surface area contributed by atoms with Crippen molar-refractivity contribution in [1.29, 1.82) is 0 Å². The van der Waals surface area contributed by atoms with Gasteiger partial charge in [-0.25, -0.2) is 14.4 Å². The molecule has 0 aliphatic carbocycles. The summed E-state index contributed by atoms with van der Waals surface area (Å²) < 4.78 is 20.6. The normalized spacial score (nSPS) is 10.5. The monoisotopic (exact) mass is 466 g/mol. The average molecular weight is 467 g/mol. The van der Waals surface area contributed by atoms with Gasteiger partial charge in [0.2, 0.25) is 0 Å². The van der Waals surface area contributed by atoms with E-state index >= 15 is 0 Å². The van der Waals surface area contributed by atoms with Gasteiger partial charge in [0.05, 0.1) is 25.9 Å². The summed E-state index contributed by atoms with van der Waals surface area (Å²) in [6, 6.07) is 13.4. The average Bonchev–Trinajstić information content (AvgIpc) is 2.84. The van der Waals surface area contributed by atoms with Crippen molar-refractivity contribution in [3.05, 3.63) is 77.9 Å². The Balaban J connectivity index is 1.65. The molecule has 0 heterocycles. The number of esters is 3. The number of hydrogen-bond acceptors (Lipinski definition) is 7. The fourth-order valence-corrected chi connectivity index (χ4v) is 2.78. The Hall–Kier alpha value is -3.87. The van der Waals surface area contributed by atoms with Crippen LogP contribution in [0.5, 0.6) is 11.5 Å². The van der Waals surface area contributed by atoms with Gasteiger partial charge in [0.15, 0.2) is 0 Å². The SMILES string of the molecule is C=C(C)C(=O)OCCCCCCOC(=O)c1ccc(OC(=O)/C=C/c2ccc(OC)cc2)cc1. The summed E-state index contributed by atoms with van der Waals surface area (Å²) in [5, 5.41) is 0. The number of carbonyl (C=O) groups is 3. The molecule has 0 spiro atoms. The van der Waals surface area contributed by atoms with Gasteiger partial charge in [-0.05, 0) is 80.6 Å². The zero-order valence-electron chi connectivity index (χ0n) is 19.6. The predicted molar refractivity (Wildman–Crippen MR) is 129 cm³/mol. The van der Waals surface area contributed by atoms with Gasteiger partial charge >= 0.3 is 17.9 Å². The lowest BCUT2D eigenvalue weighted by Crippen LogP contribution is -2.08. The fraction of sp³-hybridized carbons (Fsp3) is 0.296. The standard InChI is InChI=1S/C27H30O7/c1-20(2)26(29)32-18-6-4-5-7-19-33-27(30)22-11-15-24(16-12-22)34-25(28)17-10-21-8-13-23(31-3)14-9-21/h8-17H,1,4-7,18-19H2,2-3H3/b17-10+. The third-order valence-electron chi connectivity index (χ3n) is 4.69. The Morgan fingerprint density at radius 2 is 1.41 bits per heavy atom. The molecule has 34 heavy (non-hydrogen) atoms. The molecule has 0 saturated carbocycles. The molecule has 2 aromatic carbocycles. The van der Waals surface area contributed by atoms with Crippen molar-refractivity contribution >= 4 is 24.0 Å². The molecule has 0 aromatic heterocycles. The van der Waals surface area contributed by atoms with Crippen LogP contribution >= 0.6 is 0 Å². The van der Waals surface area contributed by atoms with E-state index in [1.165, 1.54) is 6.08 Å². The molecular weight excluding hydrogens is 436 g/mol. The van der Waals surface area contributed by atoms with E-state index in [2.05, 4.69) is 6.58 Å².